The predicted molar refractivity (Wildman–Crippen MR) is 86.2 cm³/mol. The predicted octanol–water partition coefficient (Wildman–Crippen LogP) is 3.39. The Hall–Kier alpha value is -2.05. The Labute approximate surface area is 144 Å². The first-order chi connectivity index (χ1) is 11.5. The number of aliphatic carboxylic acids is 1. The van der Waals surface area contributed by atoms with Gasteiger partial charge in [0.1, 0.15) is 0 Å². The van der Waals surface area contributed by atoms with E-state index in [2.05, 4.69) is 0 Å². The molecule has 1 aliphatic heterocycles. The fourth-order valence-electron chi connectivity index (χ4n) is 3.19. The van der Waals surface area contributed by atoms with Crippen molar-refractivity contribution in [2.24, 2.45) is 5.41 Å². The zero-order valence-electron chi connectivity index (χ0n) is 14.5. The van der Waals surface area contributed by atoms with E-state index in [1.807, 2.05) is 19.1 Å². The number of halogens is 3. The molecule has 1 aromatic carbocycles. The number of amides is 1. The van der Waals surface area contributed by atoms with Crippen molar-refractivity contribution >= 4 is 11.9 Å². The first kappa shape index (κ1) is 19.3. The van der Waals surface area contributed by atoms with Crippen LogP contribution in [-0.4, -0.2) is 41.1 Å². The lowest BCUT2D eigenvalue weighted by Gasteiger charge is -2.32. The third kappa shape index (κ3) is 3.24. The number of aryl methyl sites for hydroxylation is 1. The molecule has 1 fully saturated rings. The smallest absolute Gasteiger partial charge is 0.406 e. The lowest BCUT2D eigenvalue weighted by molar-refractivity contribution is -0.227. The van der Waals surface area contributed by atoms with Gasteiger partial charge in [0.05, 0.1) is 5.41 Å². The summed E-state index contributed by atoms with van der Waals surface area (Å²) in [5.41, 5.74) is -2.14. The Bertz CT molecular complexity index is 667. The van der Waals surface area contributed by atoms with Gasteiger partial charge in [0, 0.05) is 13.1 Å². The number of benzene rings is 1. The lowest BCUT2D eigenvalue weighted by atomic mass is 9.82. The number of nitrogens with zero attached hydrogens (tertiary/aromatic N) is 1. The third-order valence-corrected chi connectivity index (χ3v) is 5.13. The first-order valence-electron chi connectivity index (χ1n) is 8.14. The van der Waals surface area contributed by atoms with Crippen molar-refractivity contribution in [1.82, 2.24) is 4.90 Å². The van der Waals surface area contributed by atoms with Crippen molar-refractivity contribution < 1.29 is 27.9 Å². The van der Waals surface area contributed by atoms with Crippen molar-refractivity contribution in [1.29, 1.82) is 0 Å². The first-order valence-corrected chi connectivity index (χ1v) is 8.14. The molecule has 0 aromatic heterocycles. The maximum Gasteiger partial charge on any atom is 0.406 e. The number of hydrogen-bond acceptors (Lipinski definition) is 2. The van der Waals surface area contributed by atoms with Crippen LogP contribution in [0.2, 0.25) is 0 Å². The van der Waals surface area contributed by atoms with Gasteiger partial charge in [-0.15, -0.1) is 0 Å². The monoisotopic (exact) mass is 357 g/mol. The highest BCUT2D eigenvalue weighted by molar-refractivity contribution is 5.89. The number of likely N-dealkylation sites (tertiary alicyclic amines) is 1. The molecule has 1 aromatic rings. The average molecular weight is 357 g/mol. The molecule has 138 valence electrons. The van der Waals surface area contributed by atoms with Gasteiger partial charge in [-0.2, -0.15) is 13.2 Å². The van der Waals surface area contributed by atoms with Gasteiger partial charge < -0.3 is 10.0 Å². The van der Waals surface area contributed by atoms with Crippen LogP contribution in [0.5, 0.6) is 0 Å². The van der Waals surface area contributed by atoms with Gasteiger partial charge in [0.25, 0.3) is 0 Å². The van der Waals surface area contributed by atoms with Crippen LogP contribution < -0.4 is 0 Å². The van der Waals surface area contributed by atoms with Crippen LogP contribution >= 0.6 is 0 Å². The highest BCUT2D eigenvalue weighted by atomic mass is 19.4. The number of carboxylic acids is 1. The van der Waals surface area contributed by atoms with Crippen molar-refractivity contribution in [3.63, 3.8) is 0 Å². The summed E-state index contributed by atoms with van der Waals surface area (Å²) in [7, 11) is 0. The number of alkyl halides is 3. The van der Waals surface area contributed by atoms with Crippen LogP contribution in [0.15, 0.2) is 24.3 Å². The fraction of sp³-hybridized carbons (Fsp3) is 0.556. The number of carbonyl (C=O) groups is 2. The Kier molecular flexibility index (Phi) is 4.90. The Morgan fingerprint density at radius 1 is 1.20 bits per heavy atom. The molecule has 0 bridgehead atoms. The molecule has 2 rings (SSSR count). The summed E-state index contributed by atoms with van der Waals surface area (Å²) in [6, 6.07) is 7.35. The molecule has 1 unspecified atom stereocenters. The van der Waals surface area contributed by atoms with Crippen LogP contribution in [-0.2, 0) is 21.4 Å². The molecule has 0 radical (unpaired) electrons. The molecule has 25 heavy (non-hydrogen) atoms. The van der Waals surface area contributed by atoms with Crippen molar-refractivity contribution in [2.45, 2.75) is 45.2 Å². The maximum absolute atomic E-state index is 13.3. The molecule has 1 saturated heterocycles. The minimum Gasteiger partial charge on any atom is -0.481 e. The van der Waals surface area contributed by atoms with Crippen molar-refractivity contribution in [3.05, 3.63) is 35.4 Å². The Morgan fingerprint density at radius 2 is 1.76 bits per heavy atom. The molecule has 1 N–H and O–H groups in total. The normalized spacial score (nSPS) is 21.4. The zero-order valence-corrected chi connectivity index (χ0v) is 14.5. The van der Waals surface area contributed by atoms with Crippen LogP contribution in [0.25, 0.3) is 0 Å². The molecule has 7 heteroatoms. The summed E-state index contributed by atoms with van der Waals surface area (Å²) in [6.45, 7) is 4.22. The van der Waals surface area contributed by atoms with Crippen molar-refractivity contribution in [3.8, 4) is 0 Å². The molecule has 1 heterocycles. The van der Waals surface area contributed by atoms with Gasteiger partial charge >= 0.3 is 12.1 Å². The van der Waals surface area contributed by atoms with Gasteiger partial charge in [0.15, 0.2) is 5.41 Å². The average Bonchev–Trinajstić information content (AvgIpc) is 3.00. The largest absolute Gasteiger partial charge is 0.481 e. The zero-order chi connectivity index (χ0) is 19.0. The van der Waals surface area contributed by atoms with Crippen LogP contribution in [0.1, 0.15) is 38.3 Å². The Balaban J connectivity index is 2.26. The summed E-state index contributed by atoms with van der Waals surface area (Å²) in [4.78, 5) is 25.1. The van der Waals surface area contributed by atoms with Gasteiger partial charge in [0.2, 0.25) is 5.91 Å². The highest BCUT2D eigenvalue weighted by Crippen LogP contribution is 2.46. The third-order valence-electron chi connectivity index (χ3n) is 5.13. The second-order valence-corrected chi connectivity index (χ2v) is 7.04. The molecule has 1 amide bonds. The maximum atomic E-state index is 13.3. The molecule has 0 aliphatic carbocycles. The Morgan fingerprint density at radius 3 is 2.16 bits per heavy atom. The summed E-state index contributed by atoms with van der Waals surface area (Å²) < 4.78 is 39.9. The second kappa shape index (κ2) is 6.35. The summed E-state index contributed by atoms with van der Waals surface area (Å²) in [5.74, 6) is -2.43. The van der Waals surface area contributed by atoms with E-state index in [0.717, 1.165) is 16.9 Å². The van der Waals surface area contributed by atoms with E-state index in [1.165, 1.54) is 0 Å². The van der Waals surface area contributed by atoms with Crippen LogP contribution in [0.4, 0.5) is 13.2 Å². The number of carbonyl (C=O) groups excluding carboxylic acids is 1. The minimum absolute atomic E-state index is 0.221. The number of carboxylic acid groups (broad SMARTS) is 1. The summed E-state index contributed by atoms with van der Waals surface area (Å²) in [5, 5.41) is 9.12. The fourth-order valence-corrected chi connectivity index (χ4v) is 3.19. The molecule has 1 atom stereocenters. The van der Waals surface area contributed by atoms with E-state index in [-0.39, 0.29) is 6.54 Å². The standard InChI is InChI=1S/C18H22F3NO3/c1-4-12-5-7-13(8-6-12)16(2,3)14(23)22-10-9-17(11-22,15(24)25)18(19,20)21/h5-8H,4,9-11H2,1-3H3,(H,24,25). The van der Waals surface area contributed by atoms with E-state index >= 15 is 0 Å². The van der Waals surface area contributed by atoms with Crippen LogP contribution in [0.3, 0.4) is 0 Å². The van der Waals surface area contributed by atoms with Gasteiger partial charge in [-0.05, 0) is 37.8 Å². The topological polar surface area (TPSA) is 57.6 Å². The molecule has 1 aliphatic rings. The SMILES string of the molecule is CCc1ccc(C(C)(C)C(=O)N2CCC(C(=O)O)(C(F)(F)F)C2)cc1. The number of rotatable bonds is 4. The van der Waals surface area contributed by atoms with Gasteiger partial charge in [-0.1, -0.05) is 31.2 Å². The molecular formula is C18H22F3NO3. The van der Waals surface area contributed by atoms with Crippen molar-refractivity contribution in [2.75, 3.05) is 13.1 Å². The molecule has 4 nitrogen and oxygen atoms in total. The van der Waals surface area contributed by atoms with Gasteiger partial charge in [-0.3, -0.25) is 9.59 Å². The summed E-state index contributed by atoms with van der Waals surface area (Å²) >= 11 is 0. The summed E-state index contributed by atoms with van der Waals surface area (Å²) in [6.07, 6.45) is -4.68. The van der Waals surface area contributed by atoms with E-state index in [4.69, 9.17) is 5.11 Å². The highest BCUT2D eigenvalue weighted by Gasteiger charge is 2.64. The van der Waals surface area contributed by atoms with Gasteiger partial charge in [-0.25, -0.2) is 0 Å². The second-order valence-electron chi connectivity index (χ2n) is 7.04. The van der Waals surface area contributed by atoms with E-state index in [9.17, 15) is 22.8 Å². The minimum atomic E-state index is -4.90. The molecular weight excluding hydrogens is 335 g/mol. The van der Waals surface area contributed by atoms with E-state index in [0.29, 0.717) is 5.56 Å². The number of hydrogen-bond donors (Lipinski definition) is 1. The van der Waals surface area contributed by atoms with E-state index in [1.54, 1.807) is 26.0 Å². The molecule has 0 saturated carbocycles. The van der Waals surface area contributed by atoms with Crippen LogP contribution in [0, 0.1) is 5.41 Å². The quantitative estimate of drug-likeness (QED) is 0.899. The van der Waals surface area contributed by atoms with E-state index < -0.39 is 41.8 Å². The molecule has 0 spiro atoms. The lowest BCUT2D eigenvalue weighted by Crippen LogP contribution is -2.49.